The third-order valence-electron chi connectivity index (χ3n) is 1.61. The second kappa shape index (κ2) is 3.83. The highest BCUT2D eigenvalue weighted by Gasteiger charge is 2.22. The first-order valence-corrected chi connectivity index (χ1v) is 4.33. The molecule has 0 saturated carbocycles. The molecule has 0 heterocycles. The van der Waals surface area contributed by atoms with Crippen LogP contribution >= 0.6 is 15.9 Å². The van der Waals surface area contributed by atoms with Crippen molar-refractivity contribution in [2.24, 2.45) is 0 Å². The summed E-state index contributed by atoms with van der Waals surface area (Å²) in [6, 6.07) is 1.16. The van der Waals surface area contributed by atoms with Crippen LogP contribution in [0.5, 0.6) is 5.75 Å². The van der Waals surface area contributed by atoms with E-state index in [1.165, 1.54) is 0 Å². The first-order valence-electron chi connectivity index (χ1n) is 3.53. The number of benzene rings is 1. The van der Waals surface area contributed by atoms with Crippen LogP contribution in [0.2, 0.25) is 0 Å². The molecule has 3 N–H and O–H groups in total. The molecule has 1 rings (SSSR count). The third kappa shape index (κ3) is 1.65. The zero-order valence-electron chi connectivity index (χ0n) is 7.17. The minimum Gasteiger partial charge on any atom is -0.505 e. The van der Waals surface area contributed by atoms with Crippen LogP contribution in [0.4, 0.5) is 10.1 Å². The molecule has 1 aromatic rings. The van der Waals surface area contributed by atoms with Gasteiger partial charge in [0.15, 0.2) is 11.6 Å². The van der Waals surface area contributed by atoms with Gasteiger partial charge in [0.1, 0.15) is 5.56 Å². The standard InChI is InChI=1S/C8H7BrFNO3/c1-14-8(13)5-6(10)3(9)2-4(11)7(5)12/h2,12H,11H2,1H3. The van der Waals surface area contributed by atoms with Gasteiger partial charge in [-0.25, -0.2) is 9.18 Å². The van der Waals surface area contributed by atoms with E-state index in [0.29, 0.717) is 0 Å². The summed E-state index contributed by atoms with van der Waals surface area (Å²) in [5.41, 5.74) is 4.66. The number of rotatable bonds is 1. The number of phenolic OH excluding ortho intramolecular Hbond substituents is 1. The first kappa shape index (κ1) is 10.8. The monoisotopic (exact) mass is 263 g/mol. The second-order valence-electron chi connectivity index (χ2n) is 2.48. The van der Waals surface area contributed by atoms with Gasteiger partial charge in [0.2, 0.25) is 0 Å². The number of nitrogen functional groups attached to an aromatic ring is 1. The molecular weight excluding hydrogens is 257 g/mol. The van der Waals surface area contributed by atoms with Gasteiger partial charge in [-0.1, -0.05) is 0 Å². The van der Waals surface area contributed by atoms with Crippen molar-refractivity contribution >= 4 is 27.6 Å². The van der Waals surface area contributed by atoms with E-state index in [4.69, 9.17) is 5.73 Å². The molecule has 0 radical (unpaired) electrons. The molecule has 0 bridgehead atoms. The minimum atomic E-state index is -0.979. The van der Waals surface area contributed by atoms with E-state index < -0.39 is 23.1 Å². The van der Waals surface area contributed by atoms with Gasteiger partial charge in [0.25, 0.3) is 0 Å². The lowest BCUT2D eigenvalue weighted by Gasteiger charge is -2.07. The maximum Gasteiger partial charge on any atom is 0.344 e. The number of phenols is 1. The topological polar surface area (TPSA) is 72.5 Å². The summed E-state index contributed by atoms with van der Waals surface area (Å²) < 4.78 is 17.6. The Balaban J connectivity index is 3.47. The van der Waals surface area contributed by atoms with Crippen molar-refractivity contribution < 1.29 is 19.0 Å². The van der Waals surface area contributed by atoms with E-state index in [0.717, 1.165) is 13.2 Å². The molecule has 0 aliphatic carbocycles. The normalized spacial score (nSPS) is 9.93. The van der Waals surface area contributed by atoms with Crippen molar-refractivity contribution in [3.63, 3.8) is 0 Å². The molecule has 0 fully saturated rings. The lowest BCUT2D eigenvalue weighted by molar-refractivity contribution is 0.0592. The lowest BCUT2D eigenvalue weighted by Crippen LogP contribution is -2.07. The summed E-state index contributed by atoms with van der Waals surface area (Å²) in [6.07, 6.45) is 0. The summed E-state index contributed by atoms with van der Waals surface area (Å²) in [4.78, 5) is 11.1. The number of anilines is 1. The average molecular weight is 264 g/mol. The Morgan fingerprint density at radius 1 is 1.71 bits per heavy atom. The molecule has 0 amide bonds. The van der Waals surface area contributed by atoms with Crippen molar-refractivity contribution in [1.29, 1.82) is 0 Å². The van der Waals surface area contributed by atoms with Crippen LogP contribution in [0.15, 0.2) is 10.5 Å². The maximum absolute atomic E-state index is 13.3. The molecule has 0 aliphatic rings. The Morgan fingerprint density at radius 3 is 2.79 bits per heavy atom. The van der Waals surface area contributed by atoms with Gasteiger partial charge >= 0.3 is 5.97 Å². The largest absolute Gasteiger partial charge is 0.505 e. The smallest absolute Gasteiger partial charge is 0.344 e. The molecule has 0 aromatic heterocycles. The highest BCUT2D eigenvalue weighted by molar-refractivity contribution is 9.10. The molecule has 76 valence electrons. The molecule has 0 spiro atoms. The number of ether oxygens (including phenoxy) is 1. The Bertz CT molecular complexity index is 368. The molecule has 14 heavy (non-hydrogen) atoms. The number of hydrogen-bond acceptors (Lipinski definition) is 4. The van der Waals surface area contributed by atoms with Crippen molar-refractivity contribution in [1.82, 2.24) is 0 Å². The summed E-state index contributed by atoms with van der Waals surface area (Å²) in [7, 11) is 1.08. The second-order valence-corrected chi connectivity index (χ2v) is 3.33. The van der Waals surface area contributed by atoms with Crippen LogP contribution in [0, 0.1) is 5.82 Å². The molecule has 0 atom stereocenters. The van der Waals surface area contributed by atoms with Gasteiger partial charge in [-0.05, 0) is 22.0 Å². The van der Waals surface area contributed by atoms with E-state index in [-0.39, 0.29) is 10.2 Å². The fraction of sp³-hybridized carbons (Fsp3) is 0.125. The number of aromatic hydroxyl groups is 1. The molecule has 0 aliphatic heterocycles. The highest BCUT2D eigenvalue weighted by Crippen LogP contribution is 2.33. The molecule has 0 saturated heterocycles. The fourth-order valence-corrected chi connectivity index (χ4v) is 1.37. The fourth-order valence-electron chi connectivity index (χ4n) is 0.924. The van der Waals surface area contributed by atoms with Gasteiger partial charge < -0.3 is 15.6 Å². The van der Waals surface area contributed by atoms with E-state index in [1.807, 2.05) is 0 Å². The number of carbonyl (C=O) groups excluding carboxylic acids is 1. The predicted molar refractivity (Wildman–Crippen MR) is 51.5 cm³/mol. The number of carbonyl (C=O) groups is 1. The SMILES string of the molecule is COC(=O)c1c(O)c(N)cc(Br)c1F. The van der Waals surface area contributed by atoms with Crippen LogP contribution in [0.3, 0.4) is 0 Å². The van der Waals surface area contributed by atoms with E-state index in [9.17, 15) is 14.3 Å². The number of methoxy groups -OCH3 is 1. The number of halogens is 2. The Kier molecular flexibility index (Phi) is 2.95. The van der Waals surface area contributed by atoms with Crippen molar-refractivity contribution in [3.8, 4) is 5.75 Å². The summed E-state index contributed by atoms with van der Waals surface area (Å²) in [5.74, 6) is -2.49. The first-order chi connectivity index (χ1) is 6.49. The zero-order chi connectivity index (χ0) is 10.9. The van der Waals surface area contributed by atoms with Crippen molar-refractivity contribution in [2.75, 3.05) is 12.8 Å². The van der Waals surface area contributed by atoms with E-state index in [2.05, 4.69) is 20.7 Å². The van der Waals surface area contributed by atoms with Gasteiger partial charge in [-0.3, -0.25) is 0 Å². The summed E-state index contributed by atoms with van der Waals surface area (Å²) >= 11 is 2.85. The Morgan fingerprint density at radius 2 is 2.29 bits per heavy atom. The molecule has 1 aromatic carbocycles. The highest BCUT2D eigenvalue weighted by atomic mass is 79.9. The maximum atomic E-state index is 13.3. The summed E-state index contributed by atoms with van der Waals surface area (Å²) in [5, 5.41) is 9.32. The Hall–Kier alpha value is -1.30. The van der Waals surface area contributed by atoms with Crippen molar-refractivity contribution in [2.45, 2.75) is 0 Å². The van der Waals surface area contributed by atoms with Crippen LogP contribution in [0.25, 0.3) is 0 Å². The summed E-state index contributed by atoms with van der Waals surface area (Å²) in [6.45, 7) is 0. The van der Waals surface area contributed by atoms with E-state index in [1.54, 1.807) is 0 Å². The van der Waals surface area contributed by atoms with Gasteiger partial charge in [0.05, 0.1) is 17.3 Å². The zero-order valence-corrected chi connectivity index (χ0v) is 8.76. The Labute approximate surface area is 87.6 Å². The van der Waals surface area contributed by atoms with Crippen LogP contribution in [0.1, 0.15) is 10.4 Å². The quantitative estimate of drug-likeness (QED) is 0.459. The number of esters is 1. The minimum absolute atomic E-state index is 0.00630. The average Bonchev–Trinajstić information content (AvgIpc) is 2.15. The number of hydrogen-bond donors (Lipinski definition) is 2. The lowest BCUT2D eigenvalue weighted by atomic mass is 10.1. The molecular formula is C8H7BrFNO3. The number of nitrogens with two attached hydrogens (primary N) is 1. The molecule has 6 heteroatoms. The van der Waals surface area contributed by atoms with Gasteiger partial charge in [0, 0.05) is 0 Å². The predicted octanol–water partition coefficient (Wildman–Crippen LogP) is 1.66. The molecule has 0 unspecified atom stereocenters. The van der Waals surface area contributed by atoms with Crippen LogP contribution in [-0.2, 0) is 4.74 Å². The van der Waals surface area contributed by atoms with E-state index >= 15 is 0 Å². The van der Waals surface area contributed by atoms with Gasteiger partial charge in [-0.2, -0.15) is 0 Å². The van der Waals surface area contributed by atoms with Crippen molar-refractivity contribution in [3.05, 3.63) is 21.9 Å². The molecule has 4 nitrogen and oxygen atoms in total. The van der Waals surface area contributed by atoms with Gasteiger partial charge in [-0.15, -0.1) is 0 Å². The third-order valence-corrected chi connectivity index (χ3v) is 2.19. The van der Waals surface area contributed by atoms with Crippen LogP contribution < -0.4 is 5.73 Å². The van der Waals surface area contributed by atoms with Crippen LogP contribution in [-0.4, -0.2) is 18.2 Å².